The zero-order valence-electron chi connectivity index (χ0n) is 12.7. The van der Waals surface area contributed by atoms with Gasteiger partial charge in [0, 0.05) is 0 Å². The van der Waals surface area contributed by atoms with E-state index in [2.05, 4.69) is 5.32 Å². The van der Waals surface area contributed by atoms with Crippen molar-refractivity contribution in [2.75, 3.05) is 13.2 Å². The Kier molecular flexibility index (Phi) is 3.76. The van der Waals surface area contributed by atoms with E-state index in [0.717, 1.165) is 24.8 Å². The zero-order chi connectivity index (χ0) is 14.9. The molecule has 2 aliphatic rings. The van der Waals surface area contributed by atoms with Crippen LogP contribution in [0, 0.1) is 5.41 Å². The Morgan fingerprint density at radius 3 is 2.33 bits per heavy atom. The van der Waals surface area contributed by atoms with Crippen LogP contribution in [0.4, 0.5) is 0 Å². The number of rotatable bonds is 4. The third-order valence-electron chi connectivity index (χ3n) is 5.00. The van der Waals surface area contributed by atoms with Gasteiger partial charge in [0.25, 0.3) is 0 Å². The van der Waals surface area contributed by atoms with Gasteiger partial charge in [-0.15, -0.1) is 0 Å². The molecule has 1 saturated carbocycles. The molecule has 1 aliphatic carbocycles. The van der Waals surface area contributed by atoms with Gasteiger partial charge in [-0.05, 0) is 32.3 Å². The third-order valence-corrected chi connectivity index (χ3v) is 5.00. The van der Waals surface area contributed by atoms with Crippen LogP contribution in [0.3, 0.4) is 0 Å². The first-order chi connectivity index (χ1) is 10.1. The van der Waals surface area contributed by atoms with Gasteiger partial charge in [0.2, 0.25) is 5.91 Å². The van der Waals surface area contributed by atoms with Crippen LogP contribution < -0.4 is 5.32 Å². The minimum Gasteiger partial charge on any atom is -0.349 e. The van der Waals surface area contributed by atoms with Crippen molar-refractivity contribution in [2.24, 2.45) is 5.41 Å². The van der Waals surface area contributed by atoms with Gasteiger partial charge in [0.15, 0.2) is 5.79 Å². The molecule has 1 N–H and O–H groups in total. The average Bonchev–Trinajstić information content (AvgIpc) is 2.86. The Balaban J connectivity index is 1.74. The topological polar surface area (TPSA) is 47.6 Å². The second-order valence-corrected chi connectivity index (χ2v) is 6.18. The quantitative estimate of drug-likeness (QED) is 0.927. The van der Waals surface area contributed by atoms with E-state index in [9.17, 15) is 4.79 Å². The lowest BCUT2D eigenvalue weighted by Crippen LogP contribution is -2.60. The van der Waals surface area contributed by atoms with Crippen LogP contribution in [-0.4, -0.2) is 24.9 Å². The summed E-state index contributed by atoms with van der Waals surface area (Å²) in [6.45, 7) is 5.06. The second-order valence-electron chi connectivity index (χ2n) is 6.18. The summed E-state index contributed by atoms with van der Waals surface area (Å²) in [4.78, 5) is 12.9. The second kappa shape index (κ2) is 5.43. The Hall–Kier alpha value is -1.39. The highest BCUT2D eigenvalue weighted by Gasteiger charge is 2.61. The molecule has 4 nitrogen and oxygen atoms in total. The summed E-state index contributed by atoms with van der Waals surface area (Å²) in [5, 5.41) is 3.14. The van der Waals surface area contributed by atoms with Crippen molar-refractivity contribution in [1.29, 1.82) is 0 Å². The van der Waals surface area contributed by atoms with Crippen LogP contribution in [0.25, 0.3) is 0 Å². The zero-order valence-corrected chi connectivity index (χ0v) is 12.7. The summed E-state index contributed by atoms with van der Waals surface area (Å²) in [7, 11) is 0. The molecule has 1 aromatic carbocycles. The predicted molar refractivity (Wildman–Crippen MR) is 79.6 cm³/mol. The van der Waals surface area contributed by atoms with E-state index in [1.165, 1.54) is 0 Å². The Labute approximate surface area is 125 Å². The third kappa shape index (κ3) is 2.36. The van der Waals surface area contributed by atoms with Gasteiger partial charge >= 0.3 is 0 Å². The maximum Gasteiger partial charge on any atom is 0.232 e. The van der Waals surface area contributed by atoms with Gasteiger partial charge in [-0.2, -0.15) is 0 Å². The van der Waals surface area contributed by atoms with E-state index in [1.807, 2.05) is 44.2 Å². The average molecular weight is 289 g/mol. The summed E-state index contributed by atoms with van der Waals surface area (Å²) >= 11 is 0. The Bertz CT molecular complexity index is 504. The van der Waals surface area contributed by atoms with E-state index in [4.69, 9.17) is 9.47 Å². The molecular weight excluding hydrogens is 266 g/mol. The molecule has 1 heterocycles. The molecule has 1 saturated heterocycles. The van der Waals surface area contributed by atoms with E-state index in [0.29, 0.717) is 13.2 Å². The van der Waals surface area contributed by atoms with Crippen molar-refractivity contribution < 1.29 is 14.3 Å². The monoisotopic (exact) mass is 289 g/mol. The first kappa shape index (κ1) is 14.5. The molecule has 2 fully saturated rings. The lowest BCUT2D eigenvalue weighted by atomic mass is 9.62. The molecule has 1 aromatic rings. The van der Waals surface area contributed by atoms with Crippen LogP contribution in [-0.2, 0) is 14.3 Å². The fourth-order valence-electron chi connectivity index (χ4n) is 3.37. The van der Waals surface area contributed by atoms with Crippen LogP contribution in [0.15, 0.2) is 30.3 Å². The number of carbonyl (C=O) groups excluding carboxylic acids is 1. The van der Waals surface area contributed by atoms with Crippen LogP contribution in [0.5, 0.6) is 0 Å². The van der Waals surface area contributed by atoms with Gasteiger partial charge < -0.3 is 14.8 Å². The van der Waals surface area contributed by atoms with Crippen molar-refractivity contribution in [3.05, 3.63) is 35.9 Å². The fourth-order valence-corrected chi connectivity index (χ4v) is 3.37. The van der Waals surface area contributed by atoms with E-state index < -0.39 is 11.2 Å². The molecule has 3 rings (SSSR count). The lowest BCUT2D eigenvalue weighted by Gasteiger charge is -2.49. The first-order valence-electron chi connectivity index (χ1n) is 7.71. The van der Waals surface area contributed by atoms with Crippen molar-refractivity contribution >= 4 is 5.91 Å². The SMILES string of the molecule is CC(NC(=O)C1(C2(C)OCCO2)CCC1)c1ccccc1. The summed E-state index contributed by atoms with van der Waals surface area (Å²) in [5.41, 5.74) is 0.575. The molecule has 0 radical (unpaired) electrons. The summed E-state index contributed by atoms with van der Waals surface area (Å²) < 4.78 is 11.5. The number of carbonyl (C=O) groups is 1. The number of amides is 1. The minimum absolute atomic E-state index is 0.0128. The highest BCUT2D eigenvalue weighted by atomic mass is 16.7. The smallest absolute Gasteiger partial charge is 0.232 e. The normalized spacial score (nSPS) is 24.1. The molecule has 114 valence electrons. The van der Waals surface area contributed by atoms with Crippen molar-refractivity contribution in [1.82, 2.24) is 5.32 Å². The number of hydrogen-bond acceptors (Lipinski definition) is 3. The number of benzene rings is 1. The summed E-state index contributed by atoms with van der Waals surface area (Å²) in [6, 6.07) is 10.0. The van der Waals surface area contributed by atoms with Gasteiger partial charge in [-0.3, -0.25) is 4.79 Å². The molecule has 4 heteroatoms. The Morgan fingerprint density at radius 2 is 1.81 bits per heavy atom. The number of hydrogen-bond donors (Lipinski definition) is 1. The molecule has 1 atom stereocenters. The van der Waals surface area contributed by atoms with Gasteiger partial charge in [-0.1, -0.05) is 36.8 Å². The van der Waals surface area contributed by atoms with Crippen molar-refractivity contribution in [3.8, 4) is 0 Å². The molecule has 0 bridgehead atoms. The van der Waals surface area contributed by atoms with E-state index in [1.54, 1.807) is 0 Å². The molecule has 0 spiro atoms. The highest BCUT2D eigenvalue weighted by Crippen LogP contribution is 2.53. The standard InChI is InChI=1S/C17H23NO3/c1-13(14-7-4-3-5-8-14)18-15(19)17(9-6-10-17)16(2)20-11-12-21-16/h3-5,7-8,13H,6,9-12H2,1-2H3,(H,18,19). The molecular formula is C17H23NO3. The number of nitrogens with one attached hydrogen (secondary N) is 1. The van der Waals surface area contributed by atoms with Gasteiger partial charge in [0.1, 0.15) is 5.41 Å². The Morgan fingerprint density at radius 1 is 1.19 bits per heavy atom. The molecule has 1 aliphatic heterocycles. The highest BCUT2D eigenvalue weighted by molar-refractivity contribution is 5.85. The van der Waals surface area contributed by atoms with Gasteiger partial charge in [-0.25, -0.2) is 0 Å². The largest absolute Gasteiger partial charge is 0.349 e. The van der Waals surface area contributed by atoms with E-state index >= 15 is 0 Å². The summed E-state index contributed by atoms with van der Waals surface area (Å²) in [5.74, 6) is -0.722. The molecule has 1 amide bonds. The summed E-state index contributed by atoms with van der Waals surface area (Å²) in [6.07, 6.45) is 2.71. The maximum atomic E-state index is 12.9. The van der Waals surface area contributed by atoms with Crippen LogP contribution in [0.1, 0.15) is 44.7 Å². The molecule has 0 aromatic heterocycles. The maximum absolute atomic E-state index is 12.9. The van der Waals surface area contributed by atoms with Gasteiger partial charge in [0.05, 0.1) is 19.3 Å². The van der Waals surface area contributed by atoms with Crippen LogP contribution in [0.2, 0.25) is 0 Å². The fraction of sp³-hybridized carbons (Fsp3) is 0.588. The minimum atomic E-state index is -0.772. The van der Waals surface area contributed by atoms with Crippen LogP contribution >= 0.6 is 0 Å². The van der Waals surface area contributed by atoms with Crippen molar-refractivity contribution in [2.45, 2.75) is 44.9 Å². The molecule has 21 heavy (non-hydrogen) atoms. The van der Waals surface area contributed by atoms with Crippen molar-refractivity contribution in [3.63, 3.8) is 0 Å². The predicted octanol–water partition coefficient (Wildman–Crippen LogP) is 2.80. The lowest BCUT2D eigenvalue weighted by molar-refractivity contribution is -0.243. The van der Waals surface area contributed by atoms with E-state index in [-0.39, 0.29) is 11.9 Å². The first-order valence-corrected chi connectivity index (χ1v) is 7.71. The molecule has 1 unspecified atom stereocenters. The number of ether oxygens (including phenoxy) is 2.